The lowest BCUT2D eigenvalue weighted by Gasteiger charge is -2.30. The van der Waals surface area contributed by atoms with Crippen LogP contribution in [0.15, 0.2) is 36.4 Å². The predicted molar refractivity (Wildman–Crippen MR) is 132 cm³/mol. The summed E-state index contributed by atoms with van der Waals surface area (Å²) in [5.41, 5.74) is 3.32. The molecule has 3 aliphatic rings. The second-order valence-electron chi connectivity index (χ2n) is 9.92. The van der Waals surface area contributed by atoms with Crippen molar-refractivity contribution in [2.75, 3.05) is 56.6 Å². The summed E-state index contributed by atoms with van der Waals surface area (Å²) in [7, 11) is 4.11. The van der Waals surface area contributed by atoms with E-state index in [-0.39, 0.29) is 17.6 Å². The molecular formula is C27H33FN4O2. The Bertz CT molecular complexity index is 1100. The van der Waals surface area contributed by atoms with E-state index in [1.54, 1.807) is 23.1 Å². The third-order valence-corrected chi connectivity index (χ3v) is 7.55. The largest absolute Gasteiger partial charge is 0.368 e. The number of fused-ring (bicyclic) bond motifs is 1. The van der Waals surface area contributed by atoms with Crippen LogP contribution in [0.5, 0.6) is 0 Å². The molecule has 0 unspecified atom stereocenters. The number of likely N-dealkylation sites (tertiary alicyclic amines) is 1. The maximum atomic E-state index is 15.1. The number of rotatable bonds is 4. The Hall–Kier alpha value is -2.93. The molecule has 2 fully saturated rings. The quantitative estimate of drug-likeness (QED) is 0.691. The highest BCUT2D eigenvalue weighted by Gasteiger charge is 2.29. The number of benzene rings is 2. The van der Waals surface area contributed by atoms with E-state index in [9.17, 15) is 9.59 Å². The molecule has 0 radical (unpaired) electrons. The fourth-order valence-electron chi connectivity index (χ4n) is 5.45. The highest BCUT2D eigenvalue weighted by molar-refractivity contribution is 6.09. The summed E-state index contributed by atoms with van der Waals surface area (Å²) >= 11 is 0. The van der Waals surface area contributed by atoms with Crippen LogP contribution in [0, 0.1) is 5.82 Å². The van der Waals surface area contributed by atoms with Crippen molar-refractivity contribution < 1.29 is 14.0 Å². The van der Waals surface area contributed by atoms with Gasteiger partial charge in [0.15, 0.2) is 0 Å². The first-order valence-electron chi connectivity index (χ1n) is 12.4. The van der Waals surface area contributed by atoms with Gasteiger partial charge in [0.2, 0.25) is 0 Å². The van der Waals surface area contributed by atoms with Gasteiger partial charge in [0.05, 0.1) is 5.69 Å². The third kappa shape index (κ3) is 4.29. The van der Waals surface area contributed by atoms with E-state index in [1.807, 2.05) is 17.0 Å². The number of hydrogen-bond acceptors (Lipinski definition) is 4. The lowest BCUT2D eigenvalue weighted by Crippen LogP contribution is -2.38. The maximum absolute atomic E-state index is 15.1. The fourth-order valence-corrected chi connectivity index (χ4v) is 5.45. The fraction of sp³-hybridized carbons (Fsp3) is 0.481. The van der Waals surface area contributed by atoms with Crippen molar-refractivity contribution >= 4 is 23.2 Å². The molecule has 2 amide bonds. The Morgan fingerprint density at radius 2 is 1.79 bits per heavy atom. The van der Waals surface area contributed by atoms with E-state index in [4.69, 9.17) is 0 Å². The predicted octanol–water partition coefficient (Wildman–Crippen LogP) is 3.80. The molecule has 0 spiro atoms. The molecule has 6 nitrogen and oxygen atoms in total. The molecule has 0 saturated carbocycles. The van der Waals surface area contributed by atoms with Crippen LogP contribution in [0.3, 0.4) is 0 Å². The summed E-state index contributed by atoms with van der Waals surface area (Å²) in [6.07, 6.45) is 4.93. The third-order valence-electron chi connectivity index (χ3n) is 7.55. The highest BCUT2D eigenvalue weighted by atomic mass is 19.1. The number of carbonyl (C=O) groups excluding carboxylic acids is 2. The Morgan fingerprint density at radius 3 is 2.50 bits per heavy atom. The van der Waals surface area contributed by atoms with Crippen molar-refractivity contribution in [3.05, 3.63) is 58.9 Å². The Balaban J connectivity index is 1.32. The zero-order valence-electron chi connectivity index (χ0n) is 20.1. The van der Waals surface area contributed by atoms with Gasteiger partial charge in [-0.05, 0) is 88.2 Å². The van der Waals surface area contributed by atoms with Crippen molar-refractivity contribution in [3.63, 3.8) is 0 Å². The van der Waals surface area contributed by atoms with Crippen LogP contribution in [-0.4, -0.2) is 74.5 Å². The molecule has 0 bridgehead atoms. The average molecular weight is 465 g/mol. The van der Waals surface area contributed by atoms with Gasteiger partial charge in [-0.1, -0.05) is 0 Å². The van der Waals surface area contributed by atoms with Crippen LogP contribution in [0.25, 0.3) is 0 Å². The van der Waals surface area contributed by atoms with Gasteiger partial charge in [-0.25, -0.2) is 4.39 Å². The maximum Gasteiger partial charge on any atom is 0.258 e. The summed E-state index contributed by atoms with van der Waals surface area (Å²) < 4.78 is 15.1. The van der Waals surface area contributed by atoms with E-state index < -0.39 is 0 Å². The molecule has 3 aliphatic heterocycles. The van der Waals surface area contributed by atoms with Crippen LogP contribution >= 0.6 is 0 Å². The van der Waals surface area contributed by atoms with Gasteiger partial charge in [0, 0.05) is 55.6 Å². The molecule has 2 saturated heterocycles. The highest BCUT2D eigenvalue weighted by Crippen LogP contribution is 2.31. The van der Waals surface area contributed by atoms with Crippen molar-refractivity contribution in [1.29, 1.82) is 0 Å². The second-order valence-corrected chi connectivity index (χ2v) is 9.92. The van der Waals surface area contributed by atoms with E-state index in [0.717, 1.165) is 51.0 Å². The zero-order chi connectivity index (χ0) is 23.8. The second kappa shape index (κ2) is 9.37. The van der Waals surface area contributed by atoms with Crippen molar-refractivity contribution in [2.24, 2.45) is 0 Å². The lowest BCUT2D eigenvalue weighted by molar-refractivity contribution is 0.0723. The number of nitrogens with zero attached hydrogens (tertiary/aromatic N) is 4. The van der Waals surface area contributed by atoms with Crippen LogP contribution < -0.4 is 9.80 Å². The monoisotopic (exact) mass is 464 g/mol. The first-order valence-corrected chi connectivity index (χ1v) is 12.4. The molecule has 7 heteroatoms. The van der Waals surface area contributed by atoms with Crippen LogP contribution in [0.4, 0.5) is 15.8 Å². The molecule has 2 aromatic carbocycles. The SMILES string of the molecule is CN(C)[C@@H]1CCN(c2ccc(N3CCc4cc(C(=O)N5CCCCC5)ccc4C3=O)cc2F)C1. The van der Waals surface area contributed by atoms with Crippen molar-refractivity contribution in [1.82, 2.24) is 9.80 Å². The standard InChI is InChI=1S/C27H33FN4O2/c1-29(2)22-11-14-31(18-22)25-9-7-21(17-24(25)28)32-15-10-19-16-20(6-8-23(19)27(32)34)26(33)30-12-4-3-5-13-30/h6-9,16-17,22H,3-5,10-15,18H2,1-2H3/t22-/m1/s1. The van der Waals surface area contributed by atoms with E-state index in [1.165, 1.54) is 12.5 Å². The first-order chi connectivity index (χ1) is 16.4. The molecule has 3 heterocycles. The minimum absolute atomic E-state index is 0.0495. The summed E-state index contributed by atoms with van der Waals surface area (Å²) in [6.45, 7) is 3.71. The number of hydrogen-bond donors (Lipinski definition) is 0. The van der Waals surface area contributed by atoms with E-state index in [2.05, 4.69) is 23.9 Å². The molecule has 180 valence electrons. The normalized spacial score (nSPS) is 20.8. The van der Waals surface area contributed by atoms with Gasteiger partial charge in [0.1, 0.15) is 5.82 Å². The summed E-state index contributed by atoms with van der Waals surface area (Å²) in [5, 5.41) is 0. The van der Waals surface area contributed by atoms with Crippen LogP contribution in [-0.2, 0) is 6.42 Å². The number of likely N-dealkylation sites (N-methyl/N-ethyl adjacent to an activating group) is 1. The van der Waals surface area contributed by atoms with Crippen molar-refractivity contribution in [3.8, 4) is 0 Å². The summed E-state index contributed by atoms with van der Waals surface area (Å²) in [5.74, 6) is -0.384. The first kappa shape index (κ1) is 22.8. The molecule has 0 N–H and O–H groups in total. The summed E-state index contributed by atoms with van der Waals surface area (Å²) in [4.78, 5) is 34.0. The molecular weight excluding hydrogens is 431 g/mol. The van der Waals surface area contributed by atoms with Gasteiger partial charge in [-0.2, -0.15) is 0 Å². The summed E-state index contributed by atoms with van der Waals surface area (Å²) in [6, 6.07) is 10.9. The average Bonchev–Trinajstić information content (AvgIpc) is 3.34. The molecule has 0 aromatic heterocycles. The van der Waals surface area contributed by atoms with E-state index in [0.29, 0.717) is 41.5 Å². The van der Waals surface area contributed by atoms with Gasteiger partial charge in [-0.15, -0.1) is 0 Å². The minimum atomic E-state index is -0.294. The molecule has 1 atom stereocenters. The number of carbonyl (C=O) groups is 2. The minimum Gasteiger partial charge on any atom is -0.368 e. The Labute approximate surface area is 200 Å². The number of halogens is 1. The Kier molecular flexibility index (Phi) is 6.30. The van der Waals surface area contributed by atoms with Crippen molar-refractivity contribution in [2.45, 2.75) is 38.1 Å². The molecule has 34 heavy (non-hydrogen) atoms. The van der Waals surface area contributed by atoms with Gasteiger partial charge in [-0.3, -0.25) is 9.59 Å². The molecule has 2 aromatic rings. The van der Waals surface area contributed by atoms with Crippen LogP contribution in [0.2, 0.25) is 0 Å². The number of piperidine rings is 1. The zero-order valence-corrected chi connectivity index (χ0v) is 20.1. The van der Waals surface area contributed by atoms with E-state index >= 15 is 4.39 Å². The van der Waals surface area contributed by atoms with Gasteiger partial charge < -0.3 is 19.6 Å². The van der Waals surface area contributed by atoms with Gasteiger partial charge >= 0.3 is 0 Å². The number of anilines is 2. The lowest BCUT2D eigenvalue weighted by atomic mass is 9.95. The number of amides is 2. The topological polar surface area (TPSA) is 47.1 Å². The molecule has 0 aliphatic carbocycles. The smallest absolute Gasteiger partial charge is 0.258 e. The molecule has 5 rings (SSSR count). The Morgan fingerprint density at radius 1 is 1.00 bits per heavy atom. The van der Waals surface area contributed by atoms with Crippen LogP contribution in [0.1, 0.15) is 52.0 Å². The van der Waals surface area contributed by atoms with Gasteiger partial charge in [0.25, 0.3) is 11.8 Å².